The smallest absolute Gasteiger partial charge is 0.337 e. The maximum absolute atomic E-state index is 10.7. The second-order valence-electron chi connectivity index (χ2n) is 2.77. The molecule has 1 rings (SSSR count). The van der Waals surface area contributed by atoms with Crippen LogP contribution in [0.4, 0.5) is 5.69 Å². The first kappa shape index (κ1) is 10.1. The third kappa shape index (κ3) is 2.52. The molecule has 0 amide bonds. The van der Waals surface area contributed by atoms with E-state index in [1.165, 1.54) is 6.07 Å². The lowest BCUT2D eigenvalue weighted by atomic mass is 10.2. The molecule has 74 valence electrons. The molecule has 0 unspecified atom stereocenters. The number of carboxylic acid groups (broad SMARTS) is 1. The van der Waals surface area contributed by atoms with Crippen molar-refractivity contribution in [3.05, 3.63) is 42.2 Å². The van der Waals surface area contributed by atoms with Crippen molar-refractivity contribution in [3.8, 4) is 0 Å². The summed E-state index contributed by atoms with van der Waals surface area (Å²) in [7, 11) is 0. The number of hydrogen-bond acceptors (Lipinski definition) is 3. The number of para-hydroxylation sites is 1. The number of benzene rings is 1. The highest BCUT2D eigenvalue weighted by Gasteiger charge is 2.07. The molecule has 0 aliphatic heterocycles. The van der Waals surface area contributed by atoms with E-state index in [9.17, 15) is 4.79 Å². The summed E-state index contributed by atoms with van der Waals surface area (Å²) in [6.45, 7) is 3.43. The van der Waals surface area contributed by atoms with Gasteiger partial charge in [0.1, 0.15) is 5.76 Å². The topological polar surface area (TPSA) is 69.6 Å². The number of aliphatic hydroxyl groups excluding tert-OH is 1. The average Bonchev–Trinajstić information content (AvgIpc) is 2.15. The fraction of sp³-hybridized carbons (Fsp3) is 0.100. The molecule has 14 heavy (non-hydrogen) atoms. The monoisotopic (exact) mass is 193 g/mol. The van der Waals surface area contributed by atoms with Gasteiger partial charge in [-0.15, -0.1) is 0 Å². The van der Waals surface area contributed by atoms with Gasteiger partial charge in [0.2, 0.25) is 0 Å². The molecular weight excluding hydrogens is 182 g/mol. The van der Waals surface area contributed by atoms with E-state index in [4.69, 9.17) is 10.2 Å². The molecule has 4 heteroatoms. The molecule has 0 spiro atoms. The molecule has 0 saturated heterocycles. The van der Waals surface area contributed by atoms with Gasteiger partial charge in [0.15, 0.2) is 0 Å². The normalized spacial score (nSPS) is 9.43. The number of rotatable bonds is 4. The second-order valence-corrected chi connectivity index (χ2v) is 2.77. The number of hydrogen-bond donors (Lipinski definition) is 3. The van der Waals surface area contributed by atoms with Crippen LogP contribution < -0.4 is 5.32 Å². The Morgan fingerprint density at radius 1 is 1.36 bits per heavy atom. The maximum atomic E-state index is 10.7. The molecule has 1 aromatic rings. The molecule has 3 N–H and O–H groups in total. The van der Waals surface area contributed by atoms with Crippen molar-refractivity contribution < 1.29 is 15.0 Å². The van der Waals surface area contributed by atoms with Crippen LogP contribution in [0.1, 0.15) is 10.4 Å². The van der Waals surface area contributed by atoms with Crippen LogP contribution in [-0.2, 0) is 0 Å². The van der Waals surface area contributed by atoms with Gasteiger partial charge in [-0.05, 0) is 12.1 Å². The lowest BCUT2D eigenvalue weighted by Crippen LogP contribution is -2.08. The summed E-state index contributed by atoms with van der Waals surface area (Å²) in [5, 5.41) is 20.4. The molecule has 0 atom stereocenters. The molecular formula is C10H11NO3. The van der Waals surface area contributed by atoms with Crippen molar-refractivity contribution in [2.75, 3.05) is 11.9 Å². The summed E-state index contributed by atoms with van der Waals surface area (Å²) in [6.07, 6.45) is 0. The van der Waals surface area contributed by atoms with Gasteiger partial charge < -0.3 is 15.5 Å². The zero-order chi connectivity index (χ0) is 10.6. The highest BCUT2D eigenvalue weighted by Crippen LogP contribution is 2.14. The standard InChI is InChI=1S/C10H11NO3/c1-7(12)6-11-9-5-3-2-4-8(9)10(13)14/h2-5,11-12H,1,6H2,(H,13,14). The Bertz CT molecular complexity index is 360. The van der Waals surface area contributed by atoms with Crippen molar-refractivity contribution in [3.63, 3.8) is 0 Å². The minimum Gasteiger partial charge on any atom is -0.511 e. The summed E-state index contributed by atoms with van der Waals surface area (Å²) >= 11 is 0. The Balaban J connectivity index is 2.84. The van der Waals surface area contributed by atoms with Gasteiger partial charge in [-0.2, -0.15) is 0 Å². The first-order chi connectivity index (χ1) is 6.61. The Hall–Kier alpha value is -1.97. The van der Waals surface area contributed by atoms with Gasteiger partial charge in [-0.1, -0.05) is 18.7 Å². The molecule has 0 aromatic heterocycles. The molecule has 0 saturated carbocycles. The van der Waals surface area contributed by atoms with Gasteiger partial charge in [-0.3, -0.25) is 0 Å². The Morgan fingerprint density at radius 3 is 2.57 bits per heavy atom. The second kappa shape index (κ2) is 4.32. The van der Waals surface area contributed by atoms with Crippen LogP contribution in [0.25, 0.3) is 0 Å². The third-order valence-corrected chi connectivity index (χ3v) is 1.64. The van der Waals surface area contributed by atoms with E-state index in [-0.39, 0.29) is 17.9 Å². The van der Waals surface area contributed by atoms with Gasteiger partial charge in [-0.25, -0.2) is 4.79 Å². The van der Waals surface area contributed by atoms with Crippen LogP contribution in [0.5, 0.6) is 0 Å². The van der Waals surface area contributed by atoms with Crippen LogP contribution >= 0.6 is 0 Å². The van der Waals surface area contributed by atoms with Crippen LogP contribution in [0, 0.1) is 0 Å². The minimum atomic E-state index is -1.00. The average molecular weight is 193 g/mol. The molecule has 0 aliphatic rings. The molecule has 1 aromatic carbocycles. The molecule has 0 fully saturated rings. The molecule has 4 nitrogen and oxygen atoms in total. The Kier molecular flexibility index (Phi) is 3.12. The first-order valence-electron chi connectivity index (χ1n) is 4.04. The van der Waals surface area contributed by atoms with Crippen molar-refractivity contribution >= 4 is 11.7 Å². The number of nitrogens with one attached hydrogen (secondary N) is 1. The predicted octanol–water partition coefficient (Wildman–Crippen LogP) is 1.87. The zero-order valence-electron chi connectivity index (χ0n) is 7.53. The fourth-order valence-corrected chi connectivity index (χ4v) is 1.02. The molecule has 0 radical (unpaired) electrons. The lowest BCUT2D eigenvalue weighted by Gasteiger charge is -2.07. The first-order valence-corrected chi connectivity index (χ1v) is 4.04. The van der Waals surface area contributed by atoms with E-state index in [1.54, 1.807) is 18.2 Å². The molecule has 0 bridgehead atoms. The van der Waals surface area contributed by atoms with Crippen molar-refractivity contribution in [2.45, 2.75) is 0 Å². The van der Waals surface area contributed by atoms with Crippen molar-refractivity contribution in [1.29, 1.82) is 0 Å². The number of carbonyl (C=O) groups is 1. The summed E-state index contributed by atoms with van der Waals surface area (Å²) < 4.78 is 0. The number of aliphatic hydroxyl groups is 1. The molecule has 0 aliphatic carbocycles. The highest BCUT2D eigenvalue weighted by atomic mass is 16.4. The summed E-state index contributed by atoms with van der Waals surface area (Å²) in [4.78, 5) is 10.7. The van der Waals surface area contributed by atoms with E-state index < -0.39 is 5.97 Å². The number of carboxylic acids is 1. The zero-order valence-corrected chi connectivity index (χ0v) is 7.53. The lowest BCUT2D eigenvalue weighted by molar-refractivity contribution is 0.0698. The van der Waals surface area contributed by atoms with Gasteiger partial charge in [0.05, 0.1) is 12.1 Å². The van der Waals surface area contributed by atoms with E-state index in [1.807, 2.05) is 0 Å². The Labute approximate surface area is 81.5 Å². The largest absolute Gasteiger partial charge is 0.511 e. The van der Waals surface area contributed by atoms with Crippen LogP contribution in [0.3, 0.4) is 0 Å². The quantitative estimate of drug-likeness (QED) is 0.638. The van der Waals surface area contributed by atoms with E-state index in [0.717, 1.165) is 0 Å². The fourth-order valence-electron chi connectivity index (χ4n) is 1.02. The van der Waals surface area contributed by atoms with E-state index >= 15 is 0 Å². The number of anilines is 1. The van der Waals surface area contributed by atoms with E-state index in [2.05, 4.69) is 11.9 Å². The summed E-state index contributed by atoms with van der Waals surface area (Å²) in [6, 6.07) is 6.48. The summed E-state index contributed by atoms with van der Waals surface area (Å²) in [5.74, 6) is -1.04. The van der Waals surface area contributed by atoms with Crippen LogP contribution in [0.2, 0.25) is 0 Å². The third-order valence-electron chi connectivity index (χ3n) is 1.64. The highest BCUT2D eigenvalue weighted by molar-refractivity contribution is 5.94. The van der Waals surface area contributed by atoms with Crippen molar-refractivity contribution in [2.24, 2.45) is 0 Å². The SMILES string of the molecule is C=C(O)CNc1ccccc1C(=O)O. The van der Waals surface area contributed by atoms with Gasteiger partial charge >= 0.3 is 5.97 Å². The minimum absolute atomic E-state index is 0.0369. The predicted molar refractivity (Wildman–Crippen MR) is 53.7 cm³/mol. The van der Waals surface area contributed by atoms with Gasteiger partial charge in [0.25, 0.3) is 0 Å². The Morgan fingerprint density at radius 2 is 2.00 bits per heavy atom. The van der Waals surface area contributed by atoms with Crippen LogP contribution in [-0.4, -0.2) is 22.7 Å². The van der Waals surface area contributed by atoms with Gasteiger partial charge in [0, 0.05) is 5.69 Å². The van der Waals surface area contributed by atoms with Crippen LogP contribution in [0.15, 0.2) is 36.6 Å². The van der Waals surface area contributed by atoms with Crippen molar-refractivity contribution in [1.82, 2.24) is 0 Å². The number of aromatic carboxylic acids is 1. The van der Waals surface area contributed by atoms with E-state index in [0.29, 0.717) is 5.69 Å². The molecule has 0 heterocycles. The maximum Gasteiger partial charge on any atom is 0.337 e. The summed E-state index contributed by atoms with van der Waals surface area (Å²) in [5.41, 5.74) is 0.643.